The minimum Gasteiger partial charge on any atom is -0.481 e. The first kappa shape index (κ1) is 15.9. The van der Waals surface area contributed by atoms with Gasteiger partial charge in [-0.25, -0.2) is 4.98 Å². The molecule has 0 aliphatic carbocycles. The average Bonchev–Trinajstić information content (AvgIpc) is 2.95. The Labute approximate surface area is 128 Å². The third kappa shape index (κ3) is 5.16. The number of aromatic nitrogens is 3. The van der Waals surface area contributed by atoms with Gasteiger partial charge in [-0.1, -0.05) is 11.2 Å². The standard InChI is InChI=1S/C15H20N4O3/c1-16-12-7-2-5-11(17-12)6-3-8-13-18-14(22-19-13)9-4-10-15(20)21/h2,5,7H,3-4,6,8-10H2,1H3,(H,16,17)(H,20,21). The summed E-state index contributed by atoms with van der Waals surface area (Å²) in [5, 5.41) is 15.5. The van der Waals surface area contributed by atoms with Crippen LogP contribution < -0.4 is 5.32 Å². The smallest absolute Gasteiger partial charge is 0.303 e. The highest BCUT2D eigenvalue weighted by molar-refractivity contribution is 5.66. The first-order valence-electron chi connectivity index (χ1n) is 7.34. The van der Waals surface area contributed by atoms with E-state index in [4.69, 9.17) is 9.63 Å². The Kier molecular flexibility index (Phi) is 5.88. The van der Waals surface area contributed by atoms with Crippen molar-refractivity contribution in [2.24, 2.45) is 0 Å². The highest BCUT2D eigenvalue weighted by Gasteiger charge is 2.07. The third-order valence-corrected chi connectivity index (χ3v) is 3.19. The third-order valence-electron chi connectivity index (χ3n) is 3.19. The number of carboxylic acids is 1. The summed E-state index contributed by atoms with van der Waals surface area (Å²) >= 11 is 0. The molecule has 0 saturated heterocycles. The molecule has 2 aromatic rings. The number of aliphatic carboxylic acids is 1. The zero-order valence-corrected chi connectivity index (χ0v) is 12.6. The van der Waals surface area contributed by atoms with Gasteiger partial charge in [-0.2, -0.15) is 4.98 Å². The summed E-state index contributed by atoms with van der Waals surface area (Å²) in [7, 11) is 1.84. The zero-order valence-electron chi connectivity index (χ0n) is 12.6. The summed E-state index contributed by atoms with van der Waals surface area (Å²) in [5.41, 5.74) is 1.03. The van der Waals surface area contributed by atoms with Crippen molar-refractivity contribution in [3.8, 4) is 0 Å². The predicted molar refractivity (Wildman–Crippen MR) is 80.7 cm³/mol. The zero-order chi connectivity index (χ0) is 15.8. The average molecular weight is 304 g/mol. The van der Waals surface area contributed by atoms with Crippen LogP contribution in [0.25, 0.3) is 0 Å². The van der Waals surface area contributed by atoms with Crippen molar-refractivity contribution in [3.63, 3.8) is 0 Å². The molecule has 0 fully saturated rings. The van der Waals surface area contributed by atoms with Crippen molar-refractivity contribution in [2.75, 3.05) is 12.4 Å². The van der Waals surface area contributed by atoms with Gasteiger partial charge < -0.3 is 14.9 Å². The summed E-state index contributed by atoms with van der Waals surface area (Å²) in [5.74, 6) is 1.22. The van der Waals surface area contributed by atoms with E-state index in [0.717, 1.165) is 24.4 Å². The number of hydrogen-bond acceptors (Lipinski definition) is 6. The first-order chi connectivity index (χ1) is 10.7. The van der Waals surface area contributed by atoms with Gasteiger partial charge >= 0.3 is 5.97 Å². The monoisotopic (exact) mass is 304 g/mol. The van der Waals surface area contributed by atoms with Crippen molar-refractivity contribution in [3.05, 3.63) is 35.6 Å². The van der Waals surface area contributed by atoms with Crippen LogP contribution >= 0.6 is 0 Å². The molecule has 2 aromatic heterocycles. The molecule has 0 unspecified atom stereocenters. The molecule has 0 saturated carbocycles. The van der Waals surface area contributed by atoms with Crippen molar-refractivity contribution >= 4 is 11.8 Å². The summed E-state index contributed by atoms with van der Waals surface area (Å²) in [6.45, 7) is 0. The lowest BCUT2D eigenvalue weighted by molar-refractivity contribution is -0.137. The van der Waals surface area contributed by atoms with Crippen LogP contribution in [0.5, 0.6) is 0 Å². The van der Waals surface area contributed by atoms with Gasteiger partial charge in [0.05, 0.1) is 0 Å². The molecule has 0 amide bonds. The number of carboxylic acid groups (broad SMARTS) is 1. The Hall–Kier alpha value is -2.44. The fourth-order valence-corrected chi connectivity index (χ4v) is 2.07. The van der Waals surface area contributed by atoms with Crippen molar-refractivity contribution in [1.29, 1.82) is 0 Å². The lowest BCUT2D eigenvalue weighted by Gasteiger charge is -2.02. The Balaban J connectivity index is 1.75. The Morgan fingerprint density at radius 3 is 2.86 bits per heavy atom. The molecule has 7 nitrogen and oxygen atoms in total. The number of hydrogen-bond donors (Lipinski definition) is 2. The number of anilines is 1. The van der Waals surface area contributed by atoms with E-state index in [-0.39, 0.29) is 6.42 Å². The Bertz CT molecular complexity index is 612. The Morgan fingerprint density at radius 1 is 1.23 bits per heavy atom. The van der Waals surface area contributed by atoms with Gasteiger partial charge in [-0.05, 0) is 31.4 Å². The summed E-state index contributed by atoms with van der Waals surface area (Å²) < 4.78 is 5.11. The van der Waals surface area contributed by atoms with E-state index in [1.54, 1.807) is 0 Å². The van der Waals surface area contributed by atoms with Crippen LogP contribution in [0.2, 0.25) is 0 Å². The normalized spacial score (nSPS) is 10.6. The summed E-state index contributed by atoms with van der Waals surface area (Å²) in [4.78, 5) is 19.2. The molecule has 0 aliphatic rings. The lowest BCUT2D eigenvalue weighted by Crippen LogP contribution is -1.98. The molecule has 0 atom stereocenters. The maximum Gasteiger partial charge on any atom is 0.303 e. The molecule has 118 valence electrons. The lowest BCUT2D eigenvalue weighted by atomic mass is 10.1. The van der Waals surface area contributed by atoms with Gasteiger partial charge in [-0.15, -0.1) is 0 Å². The highest BCUT2D eigenvalue weighted by atomic mass is 16.5. The van der Waals surface area contributed by atoms with Crippen LogP contribution in [0.15, 0.2) is 22.7 Å². The molecule has 0 bridgehead atoms. The maximum atomic E-state index is 10.4. The molecule has 0 spiro atoms. The van der Waals surface area contributed by atoms with Crippen LogP contribution in [-0.4, -0.2) is 33.2 Å². The second-order valence-electron chi connectivity index (χ2n) is 4.97. The maximum absolute atomic E-state index is 10.4. The number of rotatable bonds is 9. The van der Waals surface area contributed by atoms with Crippen LogP contribution in [-0.2, 0) is 24.1 Å². The summed E-state index contributed by atoms with van der Waals surface area (Å²) in [6.07, 6.45) is 3.58. The van der Waals surface area contributed by atoms with E-state index in [0.29, 0.717) is 31.0 Å². The number of aryl methyl sites for hydroxylation is 3. The van der Waals surface area contributed by atoms with E-state index >= 15 is 0 Å². The molecular weight excluding hydrogens is 284 g/mol. The predicted octanol–water partition coefficient (Wildman–Crippen LogP) is 2.09. The van der Waals surface area contributed by atoms with Gasteiger partial charge in [0, 0.05) is 32.0 Å². The molecule has 22 heavy (non-hydrogen) atoms. The van der Waals surface area contributed by atoms with E-state index < -0.39 is 5.97 Å². The molecule has 2 rings (SSSR count). The molecule has 0 aromatic carbocycles. The topological polar surface area (TPSA) is 101 Å². The molecule has 0 radical (unpaired) electrons. The number of nitrogens with one attached hydrogen (secondary N) is 1. The van der Waals surface area contributed by atoms with Crippen LogP contribution in [0, 0.1) is 0 Å². The fourth-order valence-electron chi connectivity index (χ4n) is 2.07. The van der Waals surface area contributed by atoms with Gasteiger partial charge in [-0.3, -0.25) is 4.79 Å². The molecule has 2 N–H and O–H groups in total. The van der Waals surface area contributed by atoms with Gasteiger partial charge in [0.2, 0.25) is 5.89 Å². The largest absolute Gasteiger partial charge is 0.481 e. The van der Waals surface area contributed by atoms with E-state index in [1.165, 1.54) is 0 Å². The van der Waals surface area contributed by atoms with Gasteiger partial charge in [0.25, 0.3) is 0 Å². The first-order valence-corrected chi connectivity index (χ1v) is 7.34. The minimum atomic E-state index is -0.809. The van der Waals surface area contributed by atoms with Crippen molar-refractivity contribution in [2.45, 2.75) is 38.5 Å². The Morgan fingerprint density at radius 2 is 2.09 bits per heavy atom. The number of nitrogens with zero attached hydrogens (tertiary/aromatic N) is 3. The fraction of sp³-hybridized carbons (Fsp3) is 0.467. The van der Waals surface area contributed by atoms with Crippen molar-refractivity contribution in [1.82, 2.24) is 15.1 Å². The minimum absolute atomic E-state index is 0.116. The van der Waals surface area contributed by atoms with Gasteiger partial charge in [0.1, 0.15) is 5.82 Å². The summed E-state index contributed by atoms with van der Waals surface area (Å²) in [6, 6.07) is 5.89. The SMILES string of the molecule is CNc1cccc(CCCc2noc(CCCC(=O)O)n2)n1. The quantitative estimate of drug-likeness (QED) is 0.731. The number of carbonyl (C=O) groups is 1. The molecule has 2 heterocycles. The van der Waals surface area contributed by atoms with Gasteiger partial charge in [0.15, 0.2) is 5.82 Å². The van der Waals surface area contributed by atoms with Crippen LogP contribution in [0.4, 0.5) is 5.82 Å². The van der Waals surface area contributed by atoms with E-state index in [1.807, 2.05) is 25.2 Å². The number of pyridine rings is 1. The second kappa shape index (κ2) is 8.11. The van der Waals surface area contributed by atoms with E-state index in [2.05, 4.69) is 20.4 Å². The molecular formula is C15H20N4O3. The molecule has 7 heteroatoms. The second-order valence-corrected chi connectivity index (χ2v) is 4.97. The van der Waals surface area contributed by atoms with E-state index in [9.17, 15) is 4.79 Å². The van der Waals surface area contributed by atoms with Crippen LogP contribution in [0.1, 0.15) is 36.7 Å². The van der Waals surface area contributed by atoms with Crippen molar-refractivity contribution < 1.29 is 14.4 Å². The molecule has 0 aliphatic heterocycles. The highest BCUT2D eigenvalue weighted by Crippen LogP contribution is 2.09. The van der Waals surface area contributed by atoms with Crippen LogP contribution in [0.3, 0.4) is 0 Å².